The number of hydrogen-bond donors (Lipinski definition) is 0. The molecular formula is C14H18N2O2. The van der Waals surface area contributed by atoms with Gasteiger partial charge in [0, 0.05) is 25.0 Å². The van der Waals surface area contributed by atoms with Gasteiger partial charge in [-0.2, -0.15) is 0 Å². The maximum absolute atomic E-state index is 12.1. The molecule has 0 aliphatic carbocycles. The number of pyridine rings is 1. The first kappa shape index (κ1) is 12.8. The lowest BCUT2D eigenvalue weighted by Crippen LogP contribution is -2.49. The second-order valence-corrected chi connectivity index (χ2v) is 4.60. The van der Waals surface area contributed by atoms with Gasteiger partial charge in [0.25, 0.3) is 0 Å². The fraction of sp³-hybridized carbons (Fsp3) is 0.429. The Morgan fingerprint density at radius 1 is 1.56 bits per heavy atom. The molecule has 4 heteroatoms. The Bertz CT molecular complexity index is 431. The average Bonchev–Trinajstić information content (AvgIpc) is 2.40. The van der Waals surface area contributed by atoms with E-state index < -0.39 is 0 Å². The van der Waals surface area contributed by atoms with Crippen LogP contribution in [0.15, 0.2) is 30.6 Å². The normalized spacial score (nSPS) is 24.4. The standard InChI is InChI=1S/C14H18N2O2/c1-11-10-18-12(2)9-16(11)14(17)6-5-13-4-3-7-15-8-13/h3-8,11-12H,9-10H2,1-2H3/b6-5+. The topological polar surface area (TPSA) is 42.4 Å². The van der Waals surface area contributed by atoms with Gasteiger partial charge in [-0.15, -0.1) is 0 Å². The number of hydrogen-bond acceptors (Lipinski definition) is 3. The molecule has 0 radical (unpaired) electrons. The summed E-state index contributed by atoms with van der Waals surface area (Å²) in [6.45, 7) is 5.24. The number of aromatic nitrogens is 1. The molecule has 1 aliphatic rings. The summed E-state index contributed by atoms with van der Waals surface area (Å²) in [7, 11) is 0. The molecule has 1 aromatic heterocycles. The van der Waals surface area contributed by atoms with Gasteiger partial charge in [0.15, 0.2) is 0 Å². The minimum atomic E-state index is 0.0292. The van der Waals surface area contributed by atoms with Crippen LogP contribution in [0.3, 0.4) is 0 Å². The van der Waals surface area contributed by atoms with Gasteiger partial charge in [-0.3, -0.25) is 9.78 Å². The monoisotopic (exact) mass is 246 g/mol. The molecule has 0 N–H and O–H groups in total. The highest BCUT2D eigenvalue weighted by molar-refractivity contribution is 5.92. The summed E-state index contributed by atoms with van der Waals surface area (Å²) in [5, 5.41) is 0. The lowest BCUT2D eigenvalue weighted by Gasteiger charge is -2.36. The van der Waals surface area contributed by atoms with Crippen LogP contribution in [-0.4, -0.2) is 41.1 Å². The Labute approximate surface area is 107 Å². The van der Waals surface area contributed by atoms with Crippen LogP contribution in [-0.2, 0) is 9.53 Å². The Balaban J connectivity index is 2.01. The maximum atomic E-state index is 12.1. The van der Waals surface area contributed by atoms with Crippen molar-refractivity contribution in [3.63, 3.8) is 0 Å². The molecule has 1 saturated heterocycles. The second-order valence-electron chi connectivity index (χ2n) is 4.60. The van der Waals surface area contributed by atoms with Gasteiger partial charge in [-0.25, -0.2) is 0 Å². The Kier molecular flexibility index (Phi) is 4.10. The summed E-state index contributed by atoms with van der Waals surface area (Å²) in [6, 6.07) is 3.90. The van der Waals surface area contributed by atoms with Crippen molar-refractivity contribution in [2.24, 2.45) is 0 Å². The van der Waals surface area contributed by atoms with E-state index in [0.717, 1.165) is 5.56 Å². The molecule has 2 heterocycles. The van der Waals surface area contributed by atoms with E-state index in [0.29, 0.717) is 13.2 Å². The van der Waals surface area contributed by atoms with Gasteiger partial charge in [0.1, 0.15) is 0 Å². The largest absolute Gasteiger partial charge is 0.375 e. The smallest absolute Gasteiger partial charge is 0.246 e. The van der Waals surface area contributed by atoms with Crippen LogP contribution in [0, 0.1) is 0 Å². The van der Waals surface area contributed by atoms with E-state index in [1.165, 1.54) is 0 Å². The predicted octanol–water partition coefficient (Wildman–Crippen LogP) is 1.73. The molecule has 1 amide bonds. The fourth-order valence-corrected chi connectivity index (χ4v) is 1.95. The highest BCUT2D eigenvalue weighted by atomic mass is 16.5. The molecule has 2 rings (SSSR count). The third kappa shape index (κ3) is 3.17. The molecule has 0 spiro atoms. The van der Waals surface area contributed by atoms with Crippen LogP contribution in [0.1, 0.15) is 19.4 Å². The van der Waals surface area contributed by atoms with Crippen LogP contribution >= 0.6 is 0 Å². The first-order valence-corrected chi connectivity index (χ1v) is 6.17. The van der Waals surface area contributed by atoms with Gasteiger partial charge < -0.3 is 9.64 Å². The fourth-order valence-electron chi connectivity index (χ4n) is 1.95. The summed E-state index contributed by atoms with van der Waals surface area (Å²) in [5.74, 6) is 0.0292. The molecule has 0 bridgehead atoms. The van der Waals surface area contributed by atoms with Crippen molar-refractivity contribution in [3.05, 3.63) is 36.2 Å². The summed E-state index contributed by atoms with van der Waals surface area (Å²) in [5.41, 5.74) is 0.930. The highest BCUT2D eigenvalue weighted by Gasteiger charge is 2.25. The maximum Gasteiger partial charge on any atom is 0.246 e. The highest BCUT2D eigenvalue weighted by Crippen LogP contribution is 2.12. The van der Waals surface area contributed by atoms with Crippen LogP contribution < -0.4 is 0 Å². The van der Waals surface area contributed by atoms with E-state index in [4.69, 9.17) is 4.74 Å². The third-order valence-corrected chi connectivity index (χ3v) is 2.99. The zero-order valence-corrected chi connectivity index (χ0v) is 10.7. The summed E-state index contributed by atoms with van der Waals surface area (Å²) >= 11 is 0. The van der Waals surface area contributed by atoms with Crippen molar-refractivity contribution in [2.75, 3.05) is 13.2 Å². The minimum absolute atomic E-state index is 0.0292. The van der Waals surface area contributed by atoms with Crippen LogP contribution in [0.25, 0.3) is 6.08 Å². The molecule has 18 heavy (non-hydrogen) atoms. The van der Waals surface area contributed by atoms with E-state index >= 15 is 0 Å². The first-order chi connectivity index (χ1) is 8.66. The molecule has 1 fully saturated rings. The summed E-state index contributed by atoms with van der Waals surface area (Å²) in [6.07, 6.45) is 6.95. The van der Waals surface area contributed by atoms with Gasteiger partial charge in [0.2, 0.25) is 5.91 Å². The number of carbonyl (C=O) groups excluding carboxylic acids is 1. The molecule has 96 valence electrons. The van der Waals surface area contributed by atoms with Crippen molar-refractivity contribution in [1.82, 2.24) is 9.88 Å². The SMILES string of the molecule is CC1CN(C(=O)/C=C/c2cccnc2)C(C)CO1. The van der Waals surface area contributed by atoms with E-state index in [1.807, 2.05) is 30.9 Å². The zero-order chi connectivity index (χ0) is 13.0. The molecule has 1 aliphatic heterocycles. The van der Waals surface area contributed by atoms with E-state index in [2.05, 4.69) is 4.98 Å². The Hall–Kier alpha value is -1.68. The van der Waals surface area contributed by atoms with Crippen LogP contribution in [0.5, 0.6) is 0 Å². The van der Waals surface area contributed by atoms with Crippen molar-refractivity contribution in [2.45, 2.75) is 26.0 Å². The van der Waals surface area contributed by atoms with Gasteiger partial charge >= 0.3 is 0 Å². The first-order valence-electron chi connectivity index (χ1n) is 6.17. The lowest BCUT2D eigenvalue weighted by molar-refractivity contribution is -0.137. The molecule has 2 atom stereocenters. The zero-order valence-electron chi connectivity index (χ0n) is 10.7. The van der Waals surface area contributed by atoms with E-state index in [1.54, 1.807) is 24.5 Å². The number of nitrogens with zero attached hydrogens (tertiary/aromatic N) is 2. The summed E-state index contributed by atoms with van der Waals surface area (Å²) in [4.78, 5) is 17.9. The predicted molar refractivity (Wildman–Crippen MR) is 69.9 cm³/mol. The van der Waals surface area contributed by atoms with Crippen LogP contribution in [0.2, 0.25) is 0 Å². The average molecular weight is 246 g/mol. The Morgan fingerprint density at radius 3 is 3.11 bits per heavy atom. The molecule has 0 saturated carbocycles. The van der Waals surface area contributed by atoms with Gasteiger partial charge in [0.05, 0.1) is 18.8 Å². The number of ether oxygens (including phenoxy) is 1. The van der Waals surface area contributed by atoms with Gasteiger partial charge in [-0.1, -0.05) is 6.07 Å². The van der Waals surface area contributed by atoms with Crippen molar-refractivity contribution < 1.29 is 9.53 Å². The summed E-state index contributed by atoms with van der Waals surface area (Å²) < 4.78 is 5.51. The van der Waals surface area contributed by atoms with E-state index in [-0.39, 0.29) is 18.1 Å². The molecule has 1 aromatic rings. The van der Waals surface area contributed by atoms with Crippen LogP contribution in [0.4, 0.5) is 0 Å². The van der Waals surface area contributed by atoms with Gasteiger partial charge in [-0.05, 0) is 31.6 Å². The minimum Gasteiger partial charge on any atom is -0.375 e. The Morgan fingerprint density at radius 2 is 2.39 bits per heavy atom. The molecular weight excluding hydrogens is 228 g/mol. The van der Waals surface area contributed by atoms with E-state index in [9.17, 15) is 4.79 Å². The molecule has 4 nitrogen and oxygen atoms in total. The third-order valence-electron chi connectivity index (χ3n) is 2.99. The number of rotatable bonds is 2. The molecule has 2 unspecified atom stereocenters. The quantitative estimate of drug-likeness (QED) is 0.746. The molecule has 0 aromatic carbocycles. The van der Waals surface area contributed by atoms with Crippen molar-refractivity contribution >= 4 is 12.0 Å². The van der Waals surface area contributed by atoms with Crippen molar-refractivity contribution in [1.29, 1.82) is 0 Å². The lowest BCUT2D eigenvalue weighted by atomic mass is 10.2. The second kappa shape index (κ2) is 5.78. The van der Waals surface area contributed by atoms with Crippen molar-refractivity contribution in [3.8, 4) is 0 Å². The number of amides is 1. The number of morpholine rings is 1. The number of carbonyl (C=O) groups is 1.